The molecule has 3 rings (SSSR count). The molecule has 2 aromatic rings. The lowest BCUT2D eigenvalue weighted by atomic mass is 9.89. The summed E-state index contributed by atoms with van der Waals surface area (Å²) in [6.07, 6.45) is -3.16. The Kier molecular flexibility index (Phi) is 5.31. The van der Waals surface area contributed by atoms with Crippen LogP contribution in [-0.4, -0.2) is 39.7 Å². The fraction of sp³-hybridized carbons (Fsp3) is 0.400. The number of hydrogen-bond acceptors (Lipinski definition) is 4. The van der Waals surface area contributed by atoms with Gasteiger partial charge in [-0.3, -0.25) is 0 Å². The monoisotopic (exact) mass is 328 g/mol. The van der Waals surface area contributed by atoms with Gasteiger partial charge in [0.1, 0.15) is 24.4 Å². The lowest BCUT2D eigenvalue weighted by molar-refractivity contribution is -0.225. The van der Waals surface area contributed by atoms with Gasteiger partial charge in [0.2, 0.25) is 0 Å². The summed E-state index contributed by atoms with van der Waals surface area (Å²) in [5.41, 5.74) is 3.14. The van der Waals surface area contributed by atoms with Gasteiger partial charge in [-0.15, -0.1) is 0 Å². The summed E-state index contributed by atoms with van der Waals surface area (Å²) < 4.78 is 5.86. The molecule has 0 radical (unpaired) electrons. The van der Waals surface area contributed by atoms with Gasteiger partial charge in [0.15, 0.2) is 0 Å². The van der Waals surface area contributed by atoms with E-state index in [1.807, 2.05) is 49.4 Å². The molecule has 0 aliphatic carbocycles. The van der Waals surface area contributed by atoms with Gasteiger partial charge in [0.25, 0.3) is 0 Å². The van der Waals surface area contributed by atoms with Gasteiger partial charge in [0, 0.05) is 0 Å². The minimum absolute atomic E-state index is 0.480. The van der Waals surface area contributed by atoms with Gasteiger partial charge in [-0.2, -0.15) is 0 Å². The lowest BCUT2D eigenvalue weighted by Gasteiger charge is -2.40. The van der Waals surface area contributed by atoms with Gasteiger partial charge >= 0.3 is 0 Å². The van der Waals surface area contributed by atoms with Crippen molar-refractivity contribution in [3.8, 4) is 0 Å². The van der Waals surface area contributed by atoms with Crippen LogP contribution in [0, 0.1) is 0 Å². The third-order valence-electron chi connectivity index (χ3n) is 4.65. The van der Waals surface area contributed by atoms with E-state index in [-0.39, 0.29) is 0 Å². The smallest absolute Gasteiger partial charge is 0.113 e. The molecular formula is C20H24O4. The molecule has 3 N–H and O–H groups in total. The largest absolute Gasteiger partial charge is 0.388 e. The molecule has 0 saturated carbocycles. The number of ether oxygens (including phenoxy) is 1. The Labute approximate surface area is 142 Å². The van der Waals surface area contributed by atoms with Gasteiger partial charge in [-0.05, 0) is 29.5 Å². The third kappa shape index (κ3) is 3.52. The van der Waals surface area contributed by atoms with Crippen molar-refractivity contribution in [1.29, 1.82) is 0 Å². The maximum atomic E-state index is 10.3. The highest BCUT2D eigenvalue weighted by molar-refractivity contribution is 5.31. The average Bonchev–Trinajstić information content (AvgIpc) is 2.61. The zero-order chi connectivity index (χ0) is 17.1. The molecule has 0 unspecified atom stereocenters. The number of aliphatic hydroxyl groups is 3. The molecule has 1 fully saturated rings. The van der Waals surface area contributed by atoms with Crippen LogP contribution in [0.1, 0.15) is 36.1 Å². The average molecular weight is 328 g/mol. The number of hydrogen-bond donors (Lipinski definition) is 3. The number of benzene rings is 2. The van der Waals surface area contributed by atoms with Crippen LogP contribution in [0.2, 0.25) is 0 Å². The molecule has 24 heavy (non-hydrogen) atoms. The van der Waals surface area contributed by atoms with E-state index in [2.05, 4.69) is 12.1 Å². The highest BCUT2D eigenvalue weighted by Gasteiger charge is 2.43. The Morgan fingerprint density at radius 3 is 2.25 bits per heavy atom. The van der Waals surface area contributed by atoms with Gasteiger partial charge in [-0.25, -0.2) is 0 Å². The van der Waals surface area contributed by atoms with E-state index < -0.39 is 30.5 Å². The second-order valence-electron chi connectivity index (χ2n) is 6.38. The van der Waals surface area contributed by atoms with Gasteiger partial charge < -0.3 is 20.1 Å². The first-order valence-electron chi connectivity index (χ1n) is 8.42. The van der Waals surface area contributed by atoms with Crippen molar-refractivity contribution >= 4 is 0 Å². The molecule has 1 aliphatic heterocycles. The molecule has 128 valence electrons. The van der Waals surface area contributed by atoms with E-state index in [9.17, 15) is 15.3 Å². The molecule has 0 bridgehead atoms. The molecule has 4 nitrogen and oxygen atoms in total. The first-order valence-corrected chi connectivity index (χ1v) is 8.42. The van der Waals surface area contributed by atoms with Crippen molar-refractivity contribution in [3.05, 3.63) is 71.3 Å². The summed E-state index contributed by atoms with van der Waals surface area (Å²) >= 11 is 0. The topological polar surface area (TPSA) is 69.9 Å². The van der Waals surface area contributed by atoms with E-state index in [0.29, 0.717) is 6.42 Å². The van der Waals surface area contributed by atoms with Crippen LogP contribution in [0.15, 0.2) is 54.6 Å². The molecule has 1 saturated heterocycles. The molecule has 0 amide bonds. The van der Waals surface area contributed by atoms with Crippen LogP contribution < -0.4 is 0 Å². The van der Waals surface area contributed by atoms with Crippen molar-refractivity contribution in [2.45, 2.75) is 50.3 Å². The highest BCUT2D eigenvalue weighted by Crippen LogP contribution is 2.33. The Balaban J connectivity index is 1.82. The maximum Gasteiger partial charge on any atom is 0.113 e. The lowest BCUT2D eigenvalue weighted by Crippen LogP contribution is -2.53. The second kappa shape index (κ2) is 7.45. The molecule has 2 aromatic carbocycles. The van der Waals surface area contributed by atoms with Crippen molar-refractivity contribution in [2.24, 2.45) is 0 Å². The fourth-order valence-electron chi connectivity index (χ4n) is 3.28. The molecule has 1 aliphatic rings. The molecular weight excluding hydrogens is 304 g/mol. The predicted octanol–water partition coefficient (Wildman–Crippen LogP) is 2.21. The summed E-state index contributed by atoms with van der Waals surface area (Å²) in [6, 6.07) is 18.0. The fourth-order valence-corrected chi connectivity index (χ4v) is 3.28. The van der Waals surface area contributed by atoms with E-state index in [4.69, 9.17) is 4.74 Å². The van der Waals surface area contributed by atoms with Crippen LogP contribution in [-0.2, 0) is 11.2 Å². The SMILES string of the molecule is CC[C@H]1O[C@@H](c2cccc(Cc3ccccc3)c2)[C@H](O)[C@@H](O)[C@@H]1O. The van der Waals surface area contributed by atoms with E-state index in [1.165, 1.54) is 5.56 Å². The highest BCUT2D eigenvalue weighted by atomic mass is 16.5. The molecule has 0 spiro atoms. The van der Waals surface area contributed by atoms with Crippen LogP contribution in [0.4, 0.5) is 0 Å². The van der Waals surface area contributed by atoms with E-state index >= 15 is 0 Å². The minimum atomic E-state index is -1.20. The van der Waals surface area contributed by atoms with Crippen molar-refractivity contribution in [2.75, 3.05) is 0 Å². The zero-order valence-corrected chi connectivity index (χ0v) is 13.7. The summed E-state index contributed by atoms with van der Waals surface area (Å²) in [7, 11) is 0. The first-order chi connectivity index (χ1) is 11.6. The first kappa shape index (κ1) is 17.1. The van der Waals surface area contributed by atoms with Gasteiger partial charge in [0.05, 0.1) is 6.10 Å². The van der Waals surface area contributed by atoms with Crippen LogP contribution in [0.5, 0.6) is 0 Å². The number of aliphatic hydroxyl groups excluding tert-OH is 3. The van der Waals surface area contributed by atoms with Crippen molar-refractivity contribution in [1.82, 2.24) is 0 Å². The summed E-state index contributed by atoms with van der Waals surface area (Å²) in [6.45, 7) is 1.89. The quantitative estimate of drug-likeness (QED) is 0.805. The molecule has 1 heterocycles. The number of rotatable bonds is 4. The van der Waals surface area contributed by atoms with Crippen LogP contribution in [0.3, 0.4) is 0 Å². The molecule has 5 atom stereocenters. The van der Waals surface area contributed by atoms with Crippen molar-refractivity contribution < 1.29 is 20.1 Å². The van der Waals surface area contributed by atoms with Gasteiger partial charge in [-0.1, -0.05) is 61.5 Å². The summed E-state index contributed by atoms with van der Waals surface area (Å²) in [4.78, 5) is 0. The molecule has 4 heteroatoms. The normalized spacial score (nSPS) is 30.2. The molecule has 0 aromatic heterocycles. The minimum Gasteiger partial charge on any atom is -0.388 e. The Morgan fingerprint density at radius 1 is 0.833 bits per heavy atom. The van der Waals surface area contributed by atoms with E-state index in [0.717, 1.165) is 17.5 Å². The summed E-state index contributed by atoms with van der Waals surface area (Å²) in [5.74, 6) is 0. The Hall–Kier alpha value is -1.72. The zero-order valence-electron chi connectivity index (χ0n) is 13.7. The Morgan fingerprint density at radius 2 is 1.54 bits per heavy atom. The van der Waals surface area contributed by atoms with Crippen LogP contribution in [0.25, 0.3) is 0 Å². The second-order valence-corrected chi connectivity index (χ2v) is 6.38. The Bertz CT molecular complexity index is 656. The standard InChI is InChI=1S/C20H24O4/c1-2-16-17(21)18(22)19(23)20(24-16)15-10-6-9-14(12-15)11-13-7-4-3-5-8-13/h3-10,12,16-23H,2,11H2,1H3/t16-,17-,18+,19-,20+/m1/s1. The van der Waals surface area contributed by atoms with Crippen LogP contribution >= 0.6 is 0 Å². The summed E-state index contributed by atoms with van der Waals surface area (Å²) in [5, 5.41) is 30.4. The third-order valence-corrected chi connectivity index (χ3v) is 4.65. The van der Waals surface area contributed by atoms with Crippen molar-refractivity contribution in [3.63, 3.8) is 0 Å². The predicted molar refractivity (Wildman–Crippen MR) is 91.6 cm³/mol. The maximum absolute atomic E-state index is 10.3. The van der Waals surface area contributed by atoms with E-state index in [1.54, 1.807) is 0 Å².